The van der Waals surface area contributed by atoms with Crippen LogP contribution < -0.4 is 5.32 Å². The lowest BCUT2D eigenvalue weighted by Crippen LogP contribution is -2.33. The molecule has 0 spiro atoms. The third kappa shape index (κ3) is 5.16. The van der Waals surface area contributed by atoms with Crippen LogP contribution in [-0.4, -0.2) is 54.9 Å². The molecular weight excluding hydrogens is 252 g/mol. The van der Waals surface area contributed by atoms with Gasteiger partial charge in [0.25, 0.3) is 0 Å². The van der Waals surface area contributed by atoms with E-state index in [1.165, 1.54) is 4.31 Å². The molecule has 0 bridgehead atoms. The molecule has 0 aromatic carbocycles. The SMILES string of the molecule is C[C@H](Cn1cccn1)NCCCS(=O)(=O)N(C)C. The van der Waals surface area contributed by atoms with Crippen molar-refractivity contribution in [1.29, 1.82) is 0 Å². The summed E-state index contributed by atoms with van der Waals surface area (Å²) in [6.45, 7) is 3.53. The Morgan fingerprint density at radius 3 is 2.72 bits per heavy atom. The molecule has 7 heteroatoms. The quantitative estimate of drug-likeness (QED) is 0.685. The van der Waals surface area contributed by atoms with E-state index in [9.17, 15) is 8.42 Å². The Kier molecular flexibility index (Phi) is 5.77. The zero-order valence-electron chi connectivity index (χ0n) is 11.2. The van der Waals surface area contributed by atoms with E-state index in [1.807, 2.05) is 16.9 Å². The molecule has 1 aromatic rings. The smallest absolute Gasteiger partial charge is 0.213 e. The standard InChI is InChI=1S/C11H22N4O2S/c1-11(10-15-8-4-7-13-15)12-6-5-9-18(16,17)14(2)3/h4,7-8,11-12H,5-6,9-10H2,1-3H3/t11-/m1/s1. The summed E-state index contributed by atoms with van der Waals surface area (Å²) in [6.07, 6.45) is 4.27. The van der Waals surface area contributed by atoms with Crippen LogP contribution in [0.3, 0.4) is 0 Å². The molecule has 0 aliphatic rings. The minimum Gasteiger partial charge on any atom is -0.312 e. The summed E-state index contributed by atoms with van der Waals surface area (Å²) in [4.78, 5) is 0. The van der Waals surface area contributed by atoms with Crippen molar-refractivity contribution in [3.8, 4) is 0 Å². The van der Waals surface area contributed by atoms with Gasteiger partial charge in [0.15, 0.2) is 0 Å². The van der Waals surface area contributed by atoms with Crippen molar-refractivity contribution in [1.82, 2.24) is 19.4 Å². The number of nitrogens with one attached hydrogen (secondary N) is 1. The highest BCUT2D eigenvalue weighted by molar-refractivity contribution is 7.89. The molecule has 1 atom stereocenters. The molecule has 18 heavy (non-hydrogen) atoms. The summed E-state index contributed by atoms with van der Waals surface area (Å²) < 4.78 is 26.2. The Hall–Kier alpha value is -0.920. The van der Waals surface area contributed by atoms with E-state index < -0.39 is 10.0 Å². The van der Waals surface area contributed by atoms with Crippen LogP contribution in [0, 0.1) is 0 Å². The van der Waals surface area contributed by atoms with Crippen molar-refractivity contribution in [2.24, 2.45) is 0 Å². The maximum absolute atomic E-state index is 11.5. The fourth-order valence-electron chi connectivity index (χ4n) is 1.54. The third-order valence-electron chi connectivity index (χ3n) is 2.65. The predicted octanol–water partition coefficient (Wildman–Crippen LogP) is 0.143. The van der Waals surface area contributed by atoms with Gasteiger partial charge in [-0.05, 0) is 26.0 Å². The van der Waals surface area contributed by atoms with Gasteiger partial charge in [0.05, 0.1) is 12.3 Å². The summed E-state index contributed by atoms with van der Waals surface area (Å²) in [5, 5.41) is 7.41. The van der Waals surface area contributed by atoms with Crippen molar-refractivity contribution >= 4 is 10.0 Å². The molecule has 1 rings (SSSR count). The van der Waals surface area contributed by atoms with Gasteiger partial charge < -0.3 is 5.32 Å². The second-order valence-electron chi connectivity index (χ2n) is 4.54. The first kappa shape index (κ1) is 15.1. The van der Waals surface area contributed by atoms with E-state index in [0.29, 0.717) is 13.0 Å². The maximum Gasteiger partial charge on any atom is 0.213 e. The van der Waals surface area contributed by atoms with Crippen molar-refractivity contribution in [3.63, 3.8) is 0 Å². The number of nitrogens with zero attached hydrogens (tertiary/aromatic N) is 3. The van der Waals surface area contributed by atoms with Gasteiger partial charge in [0, 0.05) is 32.5 Å². The van der Waals surface area contributed by atoms with Crippen LogP contribution >= 0.6 is 0 Å². The van der Waals surface area contributed by atoms with E-state index >= 15 is 0 Å². The maximum atomic E-state index is 11.5. The van der Waals surface area contributed by atoms with Crippen LogP contribution in [0.4, 0.5) is 0 Å². The molecule has 0 unspecified atom stereocenters. The molecule has 0 radical (unpaired) electrons. The molecule has 0 saturated carbocycles. The molecular formula is C11H22N4O2S. The Morgan fingerprint density at radius 1 is 1.44 bits per heavy atom. The van der Waals surface area contributed by atoms with Crippen molar-refractivity contribution < 1.29 is 8.42 Å². The highest BCUT2D eigenvalue weighted by Gasteiger charge is 2.12. The molecule has 0 amide bonds. The number of rotatable bonds is 8. The van der Waals surface area contributed by atoms with E-state index in [0.717, 1.165) is 6.54 Å². The Morgan fingerprint density at radius 2 is 2.17 bits per heavy atom. The van der Waals surface area contributed by atoms with Gasteiger partial charge in [-0.15, -0.1) is 0 Å². The van der Waals surface area contributed by atoms with Gasteiger partial charge in [0.2, 0.25) is 10.0 Å². The molecule has 1 aromatic heterocycles. The zero-order valence-corrected chi connectivity index (χ0v) is 12.0. The first-order valence-corrected chi connectivity index (χ1v) is 7.64. The lowest BCUT2D eigenvalue weighted by molar-refractivity contribution is 0.450. The lowest BCUT2D eigenvalue weighted by atomic mass is 10.3. The van der Waals surface area contributed by atoms with Crippen LogP contribution in [0.5, 0.6) is 0 Å². The normalized spacial score (nSPS) is 14.0. The Bertz CT molecular complexity index is 428. The number of aromatic nitrogens is 2. The molecule has 104 valence electrons. The minimum absolute atomic E-state index is 0.182. The van der Waals surface area contributed by atoms with Crippen LogP contribution in [-0.2, 0) is 16.6 Å². The molecule has 1 heterocycles. The monoisotopic (exact) mass is 274 g/mol. The van der Waals surface area contributed by atoms with Gasteiger partial charge in [-0.1, -0.05) is 0 Å². The Balaban J connectivity index is 2.18. The largest absolute Gasteiger partial charge is 0.312 e. The van der Waals surface area contributed by atoms with E-state index in [2.05, 4.69) is 17.3 Å². The van der Waals surface area contributed by atoms with Gasteiger partial charge in [-0.2, -0.15) is 5.10 Å². The summed E-state index contributed by atoms with van der Waals surface area (Å²) in [5.74, 6) is 0.182. The Labute approximate surface area is 109 Å². The summed E-state index contributed by atoms with van der Waals surface area (Å²) >= 11 is 0. The summed E-state index contributed by atoms with van der Waals surface area (Å²) in [7, 11) is 0.0470. The number of sulfonamides is 1. The topological polar surface area (TPSA) is 67.2 Å². The fourth-order valence-corrected chi connectivity index (χ4v) is 2.41. The first-order chi connectivity index (χ1) is 8.42. The first-order valence-electron chi connectivity index (χ1n) is 6.03. The average molecular weight is 274 g/mol. The molecule has 0 fully saturated rings. The highest BCUT2D eigenvalue weighted by atomic mass is 32.2. The third-order valence-corrected chi connectivity index (χ3v) is 4.57. The minimum atomic E-state index is -3.07. The van der Waals surface area contributed by atoms with Gasteiger partial charge in [-0.3, -0.25) is 4.68 Å². The molecule has 0 saturated heterocycles. The van der Waals surface area contributed by atoms with Gasteiger partial charge in [-0.25, -0.2) is 12.7 Å². The lowest BCUT2D eigenvalue weighted by Gasteiger charge is -2.15. The van der Waals surface area contributed by atoms with Crippen LogP contribution in [0.2, 0.25) is 0 Å². The predicted molar refractivity (Wildman–Crippen MR) is 71.8 cm³/mol. The van der Waals surface area contributed by atoms with Crippen molar-refractivity contribution in [3.05, 3.63) is 18.5 Å². The molecule has 0 aliphatic carbocycles. The fraction of sp³-hybridized carbons (Fsp3) is 0.727. The van der Waals surface area contributed by atoms with Gasteiger partial charge in [0.1, 0.15) is 0 Å². The second kappa shape index (κ2) is 6.86. The van der Waals surface area contributed by atoms with Crippen LogP contribution in [0.25, 0.3) is 0 Å². The van der Waals surface area contributed by atoms with Crippen LogP contribution in [0.15, 0.2) is 18.5 Å². The van der Waals surface area contributed by atoms with Crippen molar-refractivity contribution in [2.45, 2.75) is 25.9 Å². The van der Waals surface area contributed by atoms with E-state index in [-0.39, 0.29) is 11.8 Å². The average Bonchev–Trinajstić information content (AvgIpc) is 2.77. The summed E-state index contributed by atoms with van der Waals surface area (Å²) in [5.41, 5.74) is 0. The zero-order chi connectivity index (χ0) is 13.6. The molecule has 1 N–H and O–H groups in total. The van der Waals surface area contributed by atoms with Crippen LogP contribution in [0.1, 0.15) is 13.3 Å². The van der Waals surface area contributed by atoms with Gasteiger partial charge >= 0.3 is 0 Å². The molecule has 6 nitrogen and oxygen atoms in total. The summed E-state index contributed by atoms with van der Waals surface area (Å²) in [6, 6.07) is 2.16. The van der Waals surface area contributed by atoms with E-state index in [1.54, 1.807) is 20.3 Å². The van der Waals surface area contributed by atoms with Crippen molar-refractivity contribution in [2.75, 3.05) is 26.4 Å². The molecule has 0 aliphatic heterocycles. The van der Waals surface area contributed by atoms with E-state index in [4.69, 9.17) is 0 Å². The number of hydrogen-bond acceptors (Lipinski definition) is 4. The number of hydrogen-bond donors (Lipinski definition) is 1. The second-order valence-corrected chi connectivity index (χ2v) is 6.84. The highest BCUT2D eigenvalue weighted by Crippen LogP contribution is 1.97.